The molecule has 196 valence electrons. The number of halogens is 1. The largest absolute Gasteiger partial charge is 0.423 e. The minimum absolute atomic E-state index is 0.0878. The highest BCUT2D eigenvalue weighted by Gasteiger charge is 2.13. The molecule has 0 spiro atoms. The molecular formula is C30H19BrN4O5. The zero-order valence-electron chi connectivity index (χ0n) is 20.7. The number of ether oxygens (including phenoxy) is 1. The second-order valence-electron chi connectivity index (χ2n) is 8.47. The van der Waals surface area contributed by atoms with Crippen LogP contribution in [0, 0.1) is 10.1 Å². The Labute approximate surface area is 236 Å². The fourth-order valence-electron chi connectivity index (χ4n) is 3.89. The van der Waals surface area contributed by atoms with Crippen LogP contribution in [0.5, 0.6) is 5.75 Å². The first-order valence-corrected chi connectivity index (χ1v) is 12.7. The van der Waals surface area contributed by atoms with Crippen LogP contribution >= 0.6 is 15.9 Å². The van der Waals surface area contributed by atoms with Crippen molar-refractivity contribution in [3.05, 3.63) is 139 Å². The van der Waals surface area contributed by atoms with Crippen molar-refractivity contribution in [3.63, 3.8) is 0 Å². The molecule has 1 aromatic heterocycles. The summed E-state index contributed by atoms with van der Waals surface area (Å²) in [6.07, 6.45) is 4.02. The van der Waals surface area contributed by atoms with Gasteiger partial charge in [-0.15, -0.1) is 0 Å². The second-order valence-corrected chi connectivity index (χ2v) is 9.38. The lowest BCUT2D eigenvalue weighted by molar-refractivity contribution is -0.384. The van der Waals surface area contributed by atoms with E-state index in [1.807, 2.05) is 36.4 Å². The van der Waals surface area contributed by atoms with Crippen LogP contribution in [0.15, 0.2) is 118 Å². The van der Waals surface area contributed by atoms with Gasteiger partial charge in [0.2, 0.25) is 0 Å². The molecule has 5 aromatic rings. The summed E-state index contributed by atoms with van der Waals surface area (Å²) in [5, 5.41) is 15.9. The van der Waals surface area contributed by atoms with E-state index in [2.05, 4.69) is 26.0 Å². The highest BCUT2D eigenvalue weighted by molar-refractivity contribution is 9.10. The maximum absolute atomic E-state index is 13.4. The SMILES string of the molecule is O=C(/C=C/c1cccc([N+](=O)[O-])c1)Oc1ccc(Br)cc1C=Nn1c(-c2ccccc2)nc2ccccc2c1=O. The lowest BCUT2D eigenvalue weighted by Gasteiger charge is -2.10. The van der Waals surface area contributed by atoms with E-state index in [-0.39, 0.29) is 17.0 Å². The van der Waals surface area contributed by atoms with E-state index in [1.54, 1.807) is 42.5 Å². The molecule has 40 heavy (non-hydrogen) atoms. The number of nitrogens with zero attached hydrogens (tertiary/aromatic N) is 4. The molecule has 0 bridgehead atoms. The van der Waals surface area contributed by atoms with Gasteiger partial charge in [-0.25, -0.2) is 9.78 Å². The molecule has 0 radical (unpaired) electrons. The van der Waals surface area contributed by atoms with E-state index in [0.717, 1.165) is 0 Å². The number of esters is 1. The standard InChI is InChI=1S/C30H19BrN4O5/c31-23-14-15-27(40-28(36)16-13-20-7-6-10-24(17-20)35(38)39)22(18-23)19-32-34-29(21-8-2-1-3-9-21)33-26-12-5-4-11-25(26)30(34)37/h1-19H/b16-13+,32-19?. The fourth-order valence-corrected chi connectivity index (χ4v) is 4.27. The number of benzene rings is 4. The molecule has 0 fully saturated rings. The van der Waals surface area contributed by atoms with Gasteiger partial charge in [-0.1, -0.05) is 70.5 Å². The van der Waals surface area contributed by atoms with Crippen LogP contribution in [0.2, 0.25) is 0 Å². The molecule has 0 unspecified atom stereocenters. The Morgan fingerprint density at radius 1 is 0.975 bits per heavy atom. The van der Waals surface area contributed by atoms with Crippen LogP contribution in [0.3, 0.4) is 0 Å². The number of carbonyl (C=O) groups is 1. The van der Waals surface area contributed by atoms with Gasteiger partial charge in [0, 0.05) is 33.8 Å². The third-order valence-electron chi connectivity index (χ3n) is 5.77. The van der Waals surface area contributed by atoms with Crippen molar-refractivity contribution in [3.8, 4) is 17.1 Å². The highest BCUT2D eigenvalue weighted by atomic mass is 79.9. The molecule has 0 saturated heterocycles. The summed E-state index contributed by atoms with van der Waals surface area (Å²) in [4.78, 5) is 41.2. The zero-order valence-corrected chi connectivity index (χ0v) is 22.3. The Morgan fingerprint density at radius 2 is 1.75 bits per heavy atom. The van der Waals surface area contributed by atoms with Gasteiger partial charge in [0.25, 0.3) is 11.2 Å². The highest BCUT2D eigenvalue weighted by Crippen LogP contribution is 2.24. The van der Waals surface area contributed by atoms with Gasteiger partial charge in [-0.2, -0.15) is 9.78 Å². The smallest absolute Gasteiger partial charge is 0.336 e. The van der Waals surface area contributed by atoms with Crippen LogP contribution in [0.25, 0.3) is 28.4 Å². The van der Waals surface area contributed by atoms with E-state index in [4.69, 9.17) is 4.74 Å². The van der Waals surface area contributed by atoms with Crippen molar-refractivity contribution in [2.75, 3.05) is 0 Å². The van der Waals surface area contributed by atoms with Crippen LogP contribution in [-0.4, -0.2) is 26.8 Å². The summed E-state index contributed by atoms with van der Waals surface area (Å²) in [5.41, 5.74) is 1.70. The van der Waals surface area contributed by atoms with E-state index in [9.17, 15) is 19.7 Å². The number of aromatic nitrogens is 2. The Balaban J connectivity index is 1.48. The molecule has 4 aromatic carbocycles. The maximum Gasteiger partial charge on any atom is 0.336 e. The number of nitro groups is 1. The molecule has 0 aliphatic heterocycles. The molecule has 0 amide bonds. The lowest BCUT2D eigenvalue weighted by Crippen LogP contribution is -2.20. The van der Waals surface area contributed by atoms with Gasteiger partial charge >= 0.3 is 5.97 Å². The third-order valence-corrected chi connectivity index (χ3v) is 6.27. The van der Waals surface area contributed by atoms with Gasteiger partial charge < -0.3 is 4.74 Å². The fraction of sp³-hybridized carbons (Fsp3) is 0. The van der Waals surface area contributed by atoms with Crippen molar-refractivity contribution >= 4 is 50.8 Å². The van der Waals surface area contributed by atoms with Crippen LogP contribution in [0.1, 0.15) is 11.1 Å². The molecule has 0 atom stereocenters. The maximum atomic E-state index is 13.4. The number of hydrogen-bond donors (Lipinski definition) is 0. The molecule has 10 heteroatoms. The van der Waals surface area contributed by atoms with Crippen LogP contribution < -0.4 is 10.3 Å². The van der Waals surface area contributed by atoms with Crippen molar-refractivity contribution < 1.29 is 14.5 Å². The van der Waals surface area contributed by atoms with E-state index >= 15 is 0 Å². The molecular weight excluding hydrogens is 576 g/mol. The Morgan fingerprint density at radius 3 is 2.55 bits per heavy atom. The monoisotopic (exact) mass is 594 g/mol. The topological polar surface area (TPSA) is 117 Å². The van der Waals surface area contributed by atoms with Crippen molar-refractivity contribution in [2.45, 2.75) is 0 Å². The Kier molecular flexibility index (Phi) is 7.70. The molecule has 0 saturated carbocycles. The number of nitro benzene ring substituents is 1. The number of para-hydroxylation sites is 1. The molecule has 1 heterocycles. The van der Waals surface area contributed by atoms with Gasteiger partial charge in [0.1, 0.15) is 5.75 Å². The molecule has 0 aliphatic rings. The summed E-state index contributed by atoms with van der Waals surface area (Å²) in [5.74, 6) is -0.143. The first kappa shape index (κ1) is 26.4. The minimum Gasteiger partial charge on any atom is -0.423 e. The summed E-state index contributed by atoms with van der Waals surface area (Å²) in [6.45, 7) is 0. The van der Waals surface area contributed by atoms with Gasteiger partial charge in [0.15, 0.2) is 5.82 Å². The normalized spacial score (nSPS) is 11.3. The van der Waals surface area contributed by atoms with E-state index in [1.165, 1.54) is 41.2 Å². The van der Waals surface area contributed by atoms with Crippen molar-refractivity contribution in [1.29, 1.82) is 0 Å². The molecule has 5 rings (SSSR count). The summed E-state index contributed by atoms with van der Waals surface area (Å²) in [6, 6.07) is 27.1. The quantitative estimate of drug-likeness (QED) is 0.0550. The first-order chi connectivity index (χ1) is 19.4. The predicted octanol–water partition coefficient (Wildman–Crippen LogP) is 6.24. The van der Waals surface area contributed by atoms with Crippen molar-refractivity contribution in [1.82, 2.24) is 9.66 Å². The van der Waals surface area contributed by atoms with Gasteiger partial charge in [-0.05, 0) is 42.0 Å². The lowest BCUT2D eigenvalue weighted by atomic mass is 10.2. The summed E-state index contributed by atoms with van der Waals surface area (Å²) < 4.78 is 7.45. The Bertz CT molecular complexity index is 1870. The number of carbonyl (C=O) groups excluding carboxylic acids is 1. The summed E-state index contributed by atoms with van der Waals surface area (Å²) in [7, 11) is 0. The summed E-state index contributed by atoms with van der Waals surface area (Å²) >= 11 is 3.41. The second kappa shape index (κ2) is 11.7. The number of hydrogen-bond acceptors (Lipinski definition) is 7. The first-order valence-electron chi connectivity index (χ1n) is 11.9. The number of rotatable bonds is 7. The average molecular weight is 595 g/mol. The molecule has 0 N–H and O–H groups in total. The van der Waals surface area contributed by atoms with Gasteiger partial charge in [0.05, 0.1) is 22.0 Å². The minimum atomic E-state index is -0.696. The molecule has 9 nitrogen and oxygen atoms in total. The van der Waals surface area contributed by atoms with Crippen LogP contribution in [0.4, 0.5) is 5.69 Å². The van der Waals surface area contributed by atoms with E-state index in [0.29, 0.717) is 37.9 Å². The Hall–Kier alpha value is -5.22. The average Bonchev–Trinajstić information content (AvgIpc) is 2.97. The number of non-ortho nitro benzene ring substituents is 1. The van der Waals surface area contributed by atoms with E-state index < -0.39 is 10.9 Å². The number of fused-ring (bicyclic) bond motifs is 1. The zero-order chi connectivity index (χ0) is 28.1. The van der Waals surface area contributed by atoms with Crippen molar-refractivity contribution in [2.24, 2.45) is 5.10 Å². The van der Waals surface area contributed by atoms with Crippen LogP contribution in [-0.2, 0) is 4.79 Å². The molecule has 0 aliphatic carbocycles. The predicted molar refractivity (Wildman–Crippen MR) is 156 cm³/mol. The third kappa shape index (κ3) is 5.92. The van der Waals surface area contributed by atoms with Gasteiger partial charge in [-0.3, -0.25) is 14.9 Å².